The van der Waals surface area contributed by atoms with E-state index in [0.29, 0.717) is 19.5 Å². The van der Waals surface area contributed by atoms with Crippen LogP contribution >= 0.6 is 0 Å². The molecule has 0 spiro atoms. The highest BCUT2D eigenvalue weighted by atomic mass is 16.2. The summed E-state index contributed by atoms with van der Waals surface area (Å²) in [5.74, 6) is 0.176. The molecule has 1 amide bonds. The number of carbonyl (C=O) groups excluding carboxylic acids is 1. The van der Waals surface area contributed by atoms with Gasteiger partial charge in [-0.2, -0.15) is 0 Å². The number of anilines is 1. The first kappa shape index (κ1) is 17.3. The van der Waals surface area contributed by atoms with Crippen LogP contribution in [0.25, 0.3) is 0 Å². The molecule has 1 aliphatic heterocycles. The van der Waals surface area contributed by atoms with Crippen molar-refractivity contribution in [3.63, 3.8) is 0 Å². The maximum Gasteiger partial charge on any atom is 0.224 e. The number of nitrogens with zero attached hydrogens (tertiary/aromatic N) is 7. The highest BCUT2D eigenvalue weighted by Crippen LogP contribution is 2.25. The van der Waals surface area contributed by atoms with Crippen LogP contribution in [0.2, 0.25) is 0 Å². The number of likely N-dealkylation sites (tertiary alicyclic amines) is 1. The number of rotatable bonds is 6. The maximum absolute atomic E-state index is 12.7. The summed E-state index contributed by atoms with van der Waals surface area (Å²) >= 11 is 0. The van der Waals surface area contributed by atoms with Crippen LogP contribution < -0.4 is 4.90 Å². The van der Waals surface area contributed by atoms with Crippen LogP contribution in [-0.2, 0) is 4.79 Å². The minimum Gasteiger partial charge on any atom is -0.374 e. The number of carbonyl (C=O) groups is 1. The van der Waals surface area contributed by atoms with Crippen molar-refractivity contribution in [1.29, 1.82) is 0 Å². The molecule has 134 valence electrons. The van der Waals surface area contributed by atoms with Gasteiger partial charge in [-0.1, -0.05) is 5.21 Å². The van der Waals surface area contributed by atoms with Gasteiger partial charge in [-0.3, -0.25) is 9.78 Å². The van der Waals surface area contributed by atoms with E-state index < -0.39 is 0 Å². The third-order valence-electron chi connectivity index (χ3n) is 4.82. The van der Waals surface area contributed by atoms with Crippen molar-refractivity contribution in [1.82, 2.24) is 29.8 Å². The lowest BCUT2D eigenvalue weighted by Crippen LogP contribution is -2.37. The molecule has 0 N–H and O–H groups in total. The summed E-state index contributed by atoms with van der Waals surface area (Å²) in [5, 5.41) is 8.03. The molecule has 0 bridgehead atoms. The molecular weight excluding hydrogens is 318 g/mol. The second-order valence-electron chi connectivity index (χ2n) is 6.66. The Kier molecular flexibility index (Phi) is 5.28. The molecule has 2 aromatic heterocycles. The molecule has 1 saturated heterocycles. The third-order valence-corrected chi connectivity index (χ3v) is 4.82. The standard InChI is InChI=1S/C17H25N7O/c1-21(2)15-12-23(13-16(15)24-11-9-19-20-24)17(25)6-10-22(3)14-4-7-18-8-5-14/h4-5,7-9,11,15-16H,6,10,12-13H2,1-3H3/t15-,16+/m1/s1. The van der Waals surface area contributed by atoms with E-state index in [-0.39, 0.29) is 18.0 Å². The average Bonchev–Trinajstić information content (AvgIpc) is 3.29. The zero-order valence-electron chi connectivity index (χ0n) is 15.0. The molecule has 2 aromatic rings. The van der Waals surface area contributed by atoms with Gasteiger partial charge in [-0.15, -0.1) is 5.10 Å². The summed E-state index contributed by atoms with van der Waals surface area (Å²) in [4.78, 5) is 22.9. The van der Waals surface area contributed by atoms with E-state index in [0.717, 1.165) is 12.2 Å². The van der Waals surface area contributed by atoms with Crippen molar-refractivity contribution in [2.24, 2.45) is 0 Å². The van der Waals surface area contributed by atoms with E-state index in [1.165, 1.54) is 0 Å². The third kappa shape index (κ3) is 3.96. The first-order valence-electron chi connectivity index (χ1n) is 8.47. The minimum atomic E-state index is 0.138. The molecule has 0 saturated carbocycles. The topological polar surface area (TPSA) is 70.4 Å². The van der Waals surface area contributed by atoms with E-state index in [1.54, 1.807) is 18.6 Å². The Morgan fingerprint density at radius 3 is 2.60 bits per heavy atom. The van der Waals surface area contributed by atoms with Gasteiger partial charge in [-0.25, -0.2) is 4.68 Å². The molecule has 8 nitrogen and oxygen atoms in total. The lowest BCUT2D eigenvalue weighted by Gasteiger charge is -2.24. The molecule has 0 radical (unpaired) electrons. The number of amides is 1. The second-order valence-corrected chi connectivity index (χ2v) is 6.66. The minimum absolute atomic E-state index is 0.138. The SMILES string of the molecule is CN(CCC(=O)N1C[C@@H](N(C)C)[C@@H](n2ccnn2)C1)c1ccncc1. The average molecular weight is 343 g/mol. The fourth-order valence-corrected chi connectivity index (χ4v) is 3.28. The van der Waals surface area contributed by atoms with Gasteiger partial charge < -0.3 is 14.7 Å². The molecule has 2 atom stereocenters. The van der Waals surface area contributed by atoms with Crippen molar-refractivity contribution in [3.8, 4) is 0 Å². The zero-order valence-corrected chi connectivity index (χ0v) is 15.0. The molecule has 3 rings (SSSR count). The van der Waals surface area contributed by atoms with Crippen molar-refractivity contribution in [3.05, 3.63) is 36.9 Å². The summed E-state index contributed by atoms with van der Waals surface area (Å²) in [5.41, 5.74) is 1.07. The highest BCUT2D eigenvalue weighted by Gasteiger charge is 2.37. The first-order chi connectivity index (χ1) is 12.1. The van der Waals surface area contributed by atoms with Crippen molar-refractivity contribution < 1.29 is 4.79 Å². The van der Waals surface area contributed by atoms with Gasteiger partial charge in [0.1, 0.15) is 0 Å². The molecule has 25 heavy (non-hydrogen) atoms. The van der Waals surface area contributed by atoms with Gasteiger partial charge in [0.15, 0.2) is 0 Å². The Balaban J connectivity index is 1.59. The van der Waals surface area contributed by atoms with Crippen LogP contribution in [0.15, 0.2) is 36.9 Å². The second kappa shape index (κ2) is 7.60. The van der Waals surface area contributed by atoms with Crippen molar-refractivity contribution in [2.75, 3.05) is 45.7 Å². The van der Waals surface area contributed by atoms with E-state index in [9.17, 15) is 4.79 Å². The highest BCUT2D eigenvalue weighted by molar-refractivity contribution is 5.77. The summed E-state index contributed by atoms with van der Waals surface area (Å²) in [7, 11) is 6.08. The quantitative estimate of drug-likeness (QED) is 0.761. The number of hydrogen-bond donors (Lipinski definition) is 0. The largest absolute Gasteiger partial charge is 0.374 e. The Labute approximate surface area is 148 Å². The van der Waals surface area contributed by atoms with E-state index in [2.05, 4.69) is 25.1 Å². The molecule has 0 unspecified atom stereocenters. The van der Waals surface area contributed by atoms with Gasteiger partial charge in [0.25, 0.3) is 0 Å². The fourth-order valence-electron chi connectivity index (χ4n) is 3.28. The normalized spacial score (nSPS) is 20.2. The molecule has 3 heterocycles. The smallest absolute Gasteiger partial charge is 0.224 e. The number of aromatic nitrogens is 4. The van der Waals surface area contributed by atoms with Crippen LogP contribution in [0.5, 0.6) is 0 Å². The Hall–Kier alpha value is -2.48. The summed E-state index contributed by atoms with van der Waals surface area (Å²) in [6, 6.07) is 4.27. The zero-order chi connectivity index (χ0) is 17.8. The summed E-state index contributed by atoms with van der Waals surface area (Å²) in [6.07, 6.45) is 7.56. The fraction of sp³-hybridized carbons (Fsp3) is 0.529. The molecular formula is C17H25N7O. The summed E-state index contributed by atoms with van der Waals surface area (Å²) < 4.78 is 1.86. The van der Waals surface area contributed by atoms with Crippen molar-refractivity contribution in [2.45, 2.75) is 18.5 Å². The van der Waals surface area contributed by atoms with Gasteiger partial charge in [0.2, 0.25) is 5.91 Å². The van der Waals surface area contributed by atoms with E-state index in [1.807, 2.05) is 49.1 Å². The molecule has 8 heteroatoms. The van der Waals surface area contributed by atoms with Gasteiger partial charge in [0, 0.05) is 57.4 Å². The number of hydrogen-bond acceptors (Lipinski definition) is 6. The van der Waals surface area contributed by atoms with Crippen LogP contribution in [0.4, 0.5) is 5.69 Å². The van der Waals surface area contributed by atoms with Crippen LogP contribution in [0.3, 0.4) is 0 Å². The molecule has 1 aliphatic rings. The molecule has 0 aliphatic carbocycles. The summed E-state index contributed by atoms with van der Waals surface area (Å²) in [6.45, 7) is 2.07. The van der Waals surface area contributed by atoms with Gasteiger partial charge >= 0.3 is 0 Å². The van der Waals surface area contributed by atoms with Gasteiger partial charge in [-0.05, 0) is 26.2 Å². The predicted molar refractivity (Wildman–Crippen MR) is 95.2 cm³/mol. The van der Waals surface area contributed by atoms with Crippen LogP contribution in [0, 0.1) is 0 Å². The monoisotopic (exact) mass is 343 g/mol. The van der Waals surface area contributed by atoms with Gasteiger partial charge in [0.05, 0.1) is 18.3 Å². The molecule has 0 aromatic carbocycles. The van der Waals surface area contributed by atoms with Crippen LogP contribution in [-0.4, -0.2) is 82.5 Å². The lowest BCUT2D eigenvalue weighted by molar-refractivity contribution is -0.130. The lowest BCUT2D eigenvalue weighted by atomic mass is 10.1. The molecule has 1 fully saturated rings. The first-order valence-corrected chi connectivity index (χ1v) is 8.47. The number of pyridine rings is 1. The predicted octanol–water partition coefficient (Wildman–Crippen LogP) is 0.513. The Morgan fingerprint density at radius 1 is 1.20 bits per heavy atom. The Morgan fingerprint density at radius 2 is 1.96 bits per heavy atom. The number of likely N-dealkylation sites (N-methyl/N-ethyl adjacent to an activating group) is 1. The Bertz CT molecular complexity index is 674. The van der Waals surface area contributed by atoms with E-state index in [4.69, 9.17) is 0 Å². The maximum atomic E-state index is 12.7. The van der Waals surface area contributed by atoms with E-state index >= 15 is 0 Å². The van der Waals surface area contributed by atoms with Crippen LogP contribution in [0.1, 0.15) is 12.5 Å². The van der Waals surface area contributed by atoms with Crippen molar-refractivity contribution >= 4 is 11.6 Å².